The second kappa shape index (κ2) is 6.43. The minimum Gasteiger partial charge on any atom is -0.352 e. The fourth-order valence-corrected chi connectivity index (χ4v) is 2.94. The van der Waals surface area contributed by atoms with Crippen LogP contribution in [0.1, 0.15) is 30.5 Å². The zero-order valence-corrected chi connectivity index (χ0v) is 13.0. The van der Waals surface area contributed by atoms with Gasteiger partial charge in [-0.25, -0.2) is 0 Å². The Hall–Kier alpha value is -1.62. The van der Waals surface area contributed by atoms with Crippen molar-refractivity contribution in [3.63, 3.8) is 0 Å². The number of nitrogens with one attached hydrogen (secondary N) is 2. The summed E-state index contributed by atoms with van der Waals surface area (Å²) in [5.74, 6) is 0.878. The number of pyridine rings is 1. The Bertz CT molecular complexity index is 509. The molecule has 2 fully saturated rings. The van der Waals surface area contributed by atoms with E-state index >= 15 is 0 Å². The summed E-state index contributed by atoms with van der Waals surface area (Å²) in [5, 5.41) is 6.91. The van der Waals surface area contributed by atoms with E-state index < -0.39 is 0 Å². The van der Waals surface area contributed by atoms with Crippen molar-refractivity contribution < 1.29 is 0 Å². The summed E-state index contributed by atoms with van der Waals surface area (Å²) >= 11 is 0. The molecule has 21 heavy (non-hydrogen) atoms. The molecule has 1 aromatic rings. The van der Waals surface area contributed by atoms with Crippen molar-refractivity contribution in [1.29, 1.82) is 0 Å². The minimum atomic E-state index is 0.515. The van der Waals surface area contributed by atoms with E-state index in [2.05, 4.69) is 38.5 Å². The van der Waals surface area contributed by atoms with Crippen molar-refractivity contribution >= 4 is 5.96 Å². The van der Waals surface area contributed by atoms with Crippen LogP contribution in [0.4, 0.5) is 0 Å². The van der Waals surface area contributed by atoms with E-state index in [4.69, 9.17) is 0 Å². The number of hydrogen-bond donors (Lipinski definition) is 2. The number of aromatic nitrogens is 1. The smallest absolute Gasteiger partial charge is 0.191 e. The molecule has 1 unspecified atom stereocenters. The van der Waals surface area contributed by atoms with E-state index in [1.54, 1.807) is 0 Å². The van der Waals surface area contributed by atoms with Crippen molar-refractivity contribution in [2.45, 2.75) is 44.8 Å². The normalized spacial score (nSPS) is 23.3. The summed E-state index contributed by atoms with van der Waals surface area (Å²) < 4.78 is 0. The van der Waals surface area contributed by atoms with Crippen LogP contribution in [-0.4, -0.2) is 48.1 Å². The lowest BCUT2D eigenvalue weighted by Gasteiger charge is -2.18. The number of nitrogens with zero attached hydrogens (tertiary/aromatic N) is 3. The molecular formula is C16H25N5. The molecule has 1 atom stereocenters. The highest BCUT2D eigenvalue weighted by molar-refractivity contribution is 5.80. The number of aliphatic imine (C=N–C) groups is 1. The molecule has 0 spiro atoms. The Morgan fingerprint density at radius 3 is 3.00 bits per heavy atom. The van der Waals surface area contributed by atoms with Gasteiger partial charge in [-0.15, -0.1) is 0 Å². The standard InChI is InChI=1S/C16H25N5/c1-12-4-3-8-18-15(12)10-19-16(17-2)20-13-7-9-21(11-13)14-5-6-14/h3-4,8,13-14H,5-7,9-11H2,1-2H3,(H2,17,19,20). The second-order valence-corrected chi connectivity index (χ2v) is 6.05. The maximum absolute atomic E-state index is 4.41. The molecule has 3 rings (SSSR count). The van der Waals surface area contributed by atoms with E-state index in [-0.39, 0.29) is 0 Å². The topological polar surface area (TPSA) is 52.6 Å². The van der Waals surface area contributed by atoms with E-state index in [1.165, 1.54) is 31.4 Å². The van der Waals surface area contributed by atoms with E-state index in [1.807, 2.05) is 19.3 Å². The van der Waals surface area contributed by atoms with Gasteiger partial charge in [-0.3, -0.25) is 14.9 Å². The third-order valence-electron chi connectivity index (χ3n) is 4.39. The highest BCUT2D eigenvalue weighted by Gasteiger charge is 2.34. The molecule has 0 radical (unpaired) electrons. The van der Waals surface area contributed by atoms with E-state index in [0.29, 0.717) is 12.6 Å². The third-order valence-corrected chi connectivity index (χ3v) is 4.39. The average Bonchev–Trinajstić information content (AvgIpc) is 3.25. The van der Waals surface area contributed by atoms with Crippen LogP contribution in [0.3, 0.4) is 0 Å². The average molecular weight is 287 g/mol. The van der Waals surface area contributed by atoms with Crippen molar-refractivity contribution in [3.8, 4) is 0 Å². The van der Waals surface area contributed by atoms with Crippen LogP contribution in [0.25, 0.3) is 0 Å². The highest BCUT2D eigenvalue weighted by Crippen LogP contribution is 2.29. The first-order valence-corrected chi connectivity index (χ1v) is 7.88. The Labute approximate surface area is 126 Å². The summed E-state index contributed by atoms with van der Waals surface area (Å²) in [7, 11) is 1.83. The van der Waals surface area contributed by atoms with Gasteiger partial charge in [0.1, 0.15) is 0 Å². The molecule has 2 N–H and O–H groups in total. The van der Waals surface area contributed by atoms with Gasteiger partial charge >= 0.3 is 0 Å². The van der Waals surface area contributed by atoms with Gasteiger partial charge in [0.25, 0.3) is 0 Å². The number of aryl methyl sites for hydroxylation is 1. The van der Waals surface area contributed by atoms with Crippen molar-refractivity contribution in [2.24, 2.45) is 4.99 Å². The molecule has 5 nitrogen and oxygen atoms in total. The molecule has 2 heterocycles. The lowest BCUT2D eigenvalue weighted by molar-refractivity contribution is 0.321. The molecule has 114 valence electrons. The van der Waals surface area contributed by atoms with E-state index in [0.717, 1.165) is 24.2 Å². The Balaban J connectivity index is 1.48. The van der Waals surface area contributed by atoms with Crippen molar-refractivity contribution in [1.82, 2.24) is 20.5 Å². The van der Waals surface area contributed by atoms with Gasteiger partial charge in [0.15, 0.2) is 5.96 Å². The molecule has 1 aliphatic carbocycles. The quantitative estimate of drug-likeness (QED) is 0.647. The SMILES string of the molecule is CN=C(NCc1ncccc1C)NC1CCN(C2CC2)C1. The summed E-state index contributed by atoms with van der Waals surface area (Å²) in [6, 6.07) is 5.44. The van der Waals surface area contributed by atoms with Crippen LogP contribution in [0.15, 0.2) is 23.3 Å². The summed E-state index contributed by atoms with van der Waals surface area (Å²) in [4.78, 5) is 11.3. The lowest BCUT2D eigenvalue weighted by Crippen LogP contribution is -2.44. The van der Waals surface area contributed by atoms with Gasteiger partial charge in [0.05, 0.1) is 12.2 Å². The summed E-state index contributed by atoms with van der Waals surface area (Å²) in [5.41, 5.74) is 2.28. The van der Waals surface area contributed by atoms with Gasteiger partial charge in [0, 0.05) is 38.4 Å². The predicted molar refractivity (Wildman–Crippen MR) is 85.3 cm³/mol. The molecular weight excluding hydrogens is 262 g/mol. The van der Waals surface area contributed by atoms with Gasteiger partial charge in [0.2, 0.25) is 0 Å². The fraction of sp³-hybridized carbons (Fsp3) is 0.625. The molecule has 0 bridgehead atoms. The van der Waals surface area contributed by atoms with Crippen LogP contribution < -0.4 is 10.6 Å². The summed E-state index contributed by atoms with van der Waals surface area (Å²) in [6.07, 6.45) is 5.82. The first-order valence-electron chi connectivity index (χ1n) is 7.88. The fourth-order valence-electron chi connectivity index (χ4n) is 2.94. The predicted octanol–water partition coefficient (Wildman–Crippen LogP) is 1.29. The zero-order chi connectivity index (χ0) is 14.7. The van der Waals surface area contributed by atoms with Crippen molar-refractivity contribution in [2.75, 3.05) is 20.1 Å². The highest BCUT2D eigenvalue weighted by atomic mass is 15.3. The number of guanidine groups is 1. The monoisotopic (exact) mass is 287 g/mol. The van der Waals surface area contributed by atoms with Crippen LogP contribution >= 0.6 is 0 Å². The Morgan fingerprint density at radius 2 is 2.29 bits per heavy atom. The van der Waals surface area contributed by atoms with Gasteiger partial charge in [-0.05, 0) is 37.8 Å². The Morgan fingerprint density at radius 1 is 1.43 bits per heavy atom. The molecule has 2 aliphatic rings. The molecule has 1 aromatic heterocycles. The third kappa shape index (κ3) is 3.73. The zero-order valence-electron chi connectivity index (χ0n) is 13.0. The first kappa shape index (κ1) is 14.3. The first-order chi connectivity index (χ1) is 10.3. The van der Waals surface area contributed by atoms with Crippen LogP contribution in [-0.2, 0) is 6.54 Å². The molecule has 1 saturated carbocycles. The number of rotatable bonds is 4. The molecule has 1 saturated heterocycles. The maximum atomic E-state index is 4.41. The van der Waals surface area contributed by atoms with Crippen LogP contribution in [0.2, 0.25) is 0 Å². The molecule has 5 heteroatoms. The Kier molecular flexibility index (Phi) is 4.39. The van der Waals surface area contributed by atoms with Crippen LogP contribution in [0.5, 0.6) is 0 Å². The molecule has 1 aliphatic heterocycles. The maximum Gasteiger partial charge on any atom is 0.191 e. The largest absolute Gasteiger partial charge is 0.352 e. The van der Waals surface area contributed by atoms with Crippen molar-refractivity contribution in [3.05, 3.63) is 29.6 Å². The van der Waals surface area contributed by atoms with Gasteiger partial charge < -0.3 is 10.6 Å². The lowest BCUT2D eigenvalue weighted by atomic mass is 10.2. The van der Waals surface area contributed by atoms with Crippen LogP contribution in [0, 0.1) is 6.92 Å². The van der Waals surface area contributed by atoms with E-state index in [9.17, 15) is 0 Å². The number of likely N-dealkylation sites (tertiary alicyclic amines) is 1. The van der Waals surface area contributed by atoms with Gasteiger partial charge in [-0.2, -0.15) is 0 Å². The summed E-state index contributed by atoms with van der Waals surface area (Å²) in [6.45, 7) is 5.17. The molecule has 0 aromatic carbocycles. The second-order valence-electron chi connectivity index (χ2n) is 6.05. The number of hydrogen-bond acceptors (Lipinski definition) is 3. The minimum absolute atomic E-state index is 0.515. The molecule has 0 amide bonds. The van der Waals surface area contributed by atoms with Gasteiger partial charge in [-0.1, -0.05) is 6.07 Å².